The molecule has 1 aromatic heterocycles. The maximum Gasteiger partial charge on any atom is 0.248 e. The summed E-state index contributed by atoms with van der Waals surface area (Å²) >= 11 is 1.51. The van der Waals surface area contributed by atoms with Crippen LogP contribution in [0.3, 0.4) is 0 Å². The summed E-state index contributed by atoms with van der Waals surface area (Å²) in [7, 11) is 1.82. The highest BCUT2D eigenvalue weighted by Gasteiger charge is 2.36. The van der Waals surface area contributed by atoms with Gasteiger partial charge in [-0.2, -0.15) is 0 Å². The number of carbonyl (C=O) groups is 2. The van der Waals surface area contributed by atoms with Crippen LogP contribution in [0.25, 0.3) is 0 Å². The molecule has 1 aliphatic rings. The quantitative estimate of drug-likeness (QED) is 0.850. The van der Waals surface area contributed by atoms with Gasteiger partial charge in [-0.25, -0.2) is 0 Å². The van der Waals surface area contributed by atoms with E-state index in [1.807, 2.05) is 31.5 Å². The molecule has 2 atom stereocenters. The Balaban J connectivity index is 2.21. The van der Waals surface area contributed by atoms with Crippen molar-refractivity contribution < 1.29 is 9.59 Å². The van der Waals surface area contributed by atoms with Gasteiger partial charge >= 0.3 is 0 Å². The minimum Gasteiger partial charge on any atom is -0.352 e. The van der Waals surface area contributed by atoms with Crippen molar-refractivity contribution in [2.45, 2.75) is 13.0 Å². The number of carbonyl (C=O) groups excluding carboxylic acids is 2. The van der Waals surface area contributed by atoms with E-state index in [1.54, 1.807) is 4.90 Å². The van der Waals surface area contributed by atoms with Gasteiger partial charge in [0.25, 0.3) is 0 Å². The molecule has 5 nitrogen and oxygen atoms in total. The molecular weight excluding hydrogens is 262 g/mol. The third kappa shape index (κ3) is 2.96. The Kier molecular flexibility index (Phi) is 4.55. The third-order valence-corrected chi connectivity index (χ3v) is 4.16. The van der Waals surface area contributed by atoms with E-state index < -0.39 is 6.04 Å². The highest BCUT2D eigenvalue weighted by molar-refractivity contribution is 7.10. The van der Waals surface area contributed by atoms with Crippen LogP contribution in [0.2, 0.25) is 0 Å². The highest BCUT2D eigenvalue weighted by Crippen LogP contribution is 2.28. The van der Waals surface area contributed by atoms with Crippen LogP contribution in [-0.2, 0) is 9.59 Å². The number of nitrogens with zero attached hydrogens (tertiary/aromatic N) is 1. The van der Waals surface area contributed by atoms with E-state index in [1.165, 1.54) is 11.3 Å². The molecule has 0 bridgehead atoms. The number of piperazine rings is 1. The highest BCUT2D eigenvalue weighted by atomic mass is 32.1. The summed E-state index contributed by atoms with van der Waals surface area (Å²) in [6, 6.07) is 3.34. The van der Waals surface area contributed by atoms with Crippen molar-refractivity contribution in [2.24, 2.45) is 5.92 Å². The summed E-state index contributed by atoms with van der Waals surface area (Å²) in [4.78, 5) is 27.1. The van der Waals surface area contributed by atoms with E-state index in [2.05, 4.69) is 10.6 Å². The van der Waals surface area contributed by atoms with Crippen molar-refractivity contribution in [1.82, 2.24) is 15.5 Å². The zero-order chi connectivity index (χ0) is 13.8. The fourth-order valence-corrected chi connectivity index (χ4v) is 3.15. The summed E-state index contributed by atoms with van der Waals surface area (Å²) < 4.78 is 0. The average Bonchev–Trinajstić information content (AvgIpc) is 2.91. The molecule has 0 spiro atoms. The van der Waals surface area contributed by atoms with Crippen LogP contribution < -0.4 is 10.6 Å². The number of hydrogen-bond acceptors (Lipinski definition) is 4. The fourth-order valence-electron chi connectivity index (χ4n) is 2.31. The van der Waals surface area contributed by atoms with Gasteiger partial charge in [-0.1, -0.05) is 13.0 Å². The summed E-state index contributed by atoms with van der Waals surface area (Å²) in [5.41, 5.74) is 0. The standard InChI is InChI=1S/C13H19N3O2S/c1-9(8-14-2)13(18)16-6-5-15-12(17)11(16)10-4-3-7-19-10/h3-4,7,9,11,14H,5-6,8H2,1-2H3,(H,15,17). The van der Waals surface area contributed by atoms with Crippen LogP contribution in [0.1, 0.15) is 17.8 Å². The third-order valence-electron chi connectivity index (χ3n) is 3.24. The summed E-state index contributed by atoms with van der Waals surface area (Å²) in [6.45, 7) is 3.60. The van der Waals surface area contributed by atoms with Gasteiger partial charge in [-0.3, -0.25) is 9.59 Å². The van der Waals surface area contributed by atoms with E-state index >= 15 is 0 Å². The number of nitrogens with one attached hydrogen (secondary N) is 2. The monoisotopic (exact) mass is 281 g/mol. The van der Waals surface area contributed by atoms with E-state index in [4.69, 9.17) is 0 Å². The average molecular weight is 281 g/mol. The lowest BCUT2D eigenvalue weighted by Crippen LogP contribution is -2.53. The van der Waals surface area contributed by atoms with Crippen molar-refractivity contribution in [2.75, 3.05) is 26.7 Å². The van der Waals surface area contributed by atoms with E-state index in [0.29, 0.717) is 19.6 Å². The van der Waals surface area contributed by atoms with Crippen LogP contribution >= 0.6 is 11.3 Å². The SMILES string of the molecule is CNCC(C)C(=O)N1CCNC(=O)C1c1cccs1. The smallest absolute Gasteiger partial charge is 0.248 e. The minimum absolute atomic E-state index is 0.0302. The number of hydrogen-bond donors (Lipinski definition) is 2. The van der Waals surface area contributed by atoms with E-state index in [-0.39, 0.29) is 17.7 Å². The Morgan fingerprint density at radius 3 is 3.11 bits per heavy atom. The van der Waals surface area contributed by atoms with Crippen molar-refractivity contribution in [3.05, 3.63) is 22.4 Å². The van der Waals surface area contributed by atoms with Gasteiger partial charge in [0.05, 0.1) is 0 Å². The summed E-state index contributed by atoms with van der Waals surface area (Å²) in [6.07, 6.45) is 0. The van der Waals surface area contributed by atoms with Gasteiger partial charge in [0, 0.05) is 30.4 Å². The predicted molar refractivity (Wildman–Crippen MR) is 74.9 cm³/mol. The van der Waals surface area contributed by atoms with Crippen LogP contribution in [0.4, 0.5) is 0 Å². The second-order valence-corrected chi connectivity index (χ2v) is 5.68. The van der Waals surface area contributed by atoms with Gasteiger partial charge in [0.15, 0.2) is 0 Å². The molecule has 2 heterocycles. The normalized spacial score (nSPS) is 21.1. The van der Waals surface area contributed by atoms with Crippen molar-refractivity contribution in [1.29, 1.82) is 0 Å². The fraction of sp³-hybridized carbons (Fsp3) is 0.538. The Bertz CT molecular complexity index is 447. The summed E-state index contributed by atoms with van der Waals surface area (Å²) in [5.74, 6) is -0.181. The molecule has 0 radical (unpaired) electrons. The molecule has 1 fully saturated rings. The lowest BCUT2D eigenvalue weighted by molar-refractivity contribution is -0.146. The molecule has 1 saturated heterocycles. The first kappa shape index (κ1) is 14.0. The van der Waals surface area contributed by atoms with Gasteiger partial charge < -0.3 is 15.5 Å². The molecule has 2 rings (SSSR count). The molecular formula is C13H19N3O2S. The Hall–Kier alpha value is -1.40. The van der Waals surface area contributed by atoms with E-state index in [9.17, 15) is 9.59 Å². The predicted octanol–water partition coefficient (Wildman–Crippen LogP) is 0.603. The van der Waals surface area contributed by atoms with Gasteiger partial charge in [-0.05, 0) is 18.5 Å². The first-order valence-electron chi connectivity index (χ1n) is 6.41. The molecule has 2 amide bonds. The zero-order valence-electron chi connectivity index (χ0n) is 11.2. The van der Waals surface area contributed by atoms with Crippen LogP contribution in [0, 0.1) is 5.92 Å². The second kappa shape index (κ2) is 6.16. The molecule has 1 aliphatic heterocycles. The van der Waals surface area contributed by atoms with Crippen LogP contribution in [-0.4, -0.2) is 43.4 Å². The Morgan fingerprint density at radius 1 is 1.68 bits per heavy atom. The lowest BCUT2D eigenvalue weighted by atomic mass is 10.1. The minimum atomic E-state index is -0.472. The topological polar surface area (TPSA) is 61.4 Å². The molecule has 0 saturated carbocycles. The molecule has 2 N–H and O–H groups in total. The van der Waals surface area contributed by atoms with E-state index in [0.717, 1.165) is 4.88 Å². The van der Waals surface area contributed by atoms with Crippen molar-refractivity contribution in [3.8, 4) is 0 Å². The number of thiophene rings is 1. The number of amides is 2. The van der Waals surface area contributed by atoms with Gasteiger partial charge in [0.1, 0.15) is 6.04 Å². The maximum atomic E-state index is 12.4. The van der Waals surface area contributed by atoms with Crippen molar-refractivity contribution in [3.63, 3.8) is 0 Å². The molecule has 0 aromatic carbocycles. The molecule has 1 aromatic rings. The molecule has 19 heavy (non-hydrogen) atoms. The van der Waals surface area contributed by atoms with Gasteiger partial charge in [0.2, 0.25) is 11.8 Å². The van der Waals surface area contributed by atoms with Gasteiger partial charge in [-0.15, -0.1) is 11.3 Å². The first-order chi connectivity index (χ1) is 9.15. The molecule has 2 unspecified atom stereocenters. The largest absolute Gasteiger partial charge is 0.352 e. The van der Waals surface area contributed by atoms with Crippen LogP contribution in [0.15, 0.2) is 17.5 Å². The molecule has 6 heteroatoms. The van der Waals surface area contributed by atoms with Crippen molar-refractivity contribution >= 4 is 23.2 Å². The molecule has 0 aliphatic carbocycles. The second-order valence-electron chi connectivity index (χ2n) is 4.70. The Labute approximate surface area is 117 Å². The molecule has 104 valence electrons. The lowest BCUT2D eigenvalue weighted by Gasteiger charge is -2.36. The summed E-state index contributed by atoms with van der Waals surface area (Å²) in [5, 5.41) is 7.76. The zero-order valence-corrected chi connectivity index (χ0v) is 12.0. The number of rotatable bonds is 4. The van der Waals surface area contributed by atoms with Crippen LogP contribution in [0.5, 0.6) is 0 Å². The maximum absolute atomic E-state index is 12.4. The first-order valence-corrected chi connectivity index (χ1v) is 7.29. The Morgan fingerprint density at radius 2 is 2.47 bits per heavy atom.